The molecule has 1 radical (unpaired) electrons. The van der Waals surface area contributed by atoms with Gasteiger partial charge < -0.3 is 5.32 Å². The second-order valence-electron chi connectivity index (χ2n) is 3.72. The SMILES string of the molecule is O=S(=O)(c1[c]cccc1)C1CCNCC1. The van der Waals surface area contributed by atoms with Crippen LogP contribution in [0.4, 0.5) is 0 Å². The Morgan fingerprint density at radius 1 is 1.27 bits per heavy atom. The lowest BCUT2D eigenvalue weighted by molar-refractivity contribution is 0.496. The van der Waals surface area contributed by atoms with Gasteiger partial charge in [0, 0.05) is 6.07 Å². The van der Waals surface area contributed by atoms with Crippen LogP contribution in [0.25, 0.3) is 0 Å². The minimum atomic E-state index is -3.16. The Labute approximate surface area is 90.4 Å². The zero-order chi connectivity index (χ0) is 10.7. The molecular weight excluding hydrogens is 210 g/mol. The second-order valence-corrected chi connectivity index (χ2v) is 5.92. The molecule has 1 aliphatic rings. The van der Waals surface area contributed by atoms with Crippen LogP contribution in [0.15, 0.2) is 29.2 Å². The second kappa shape index (κ2) is 4.33. The third-order valence-corrected chi connectivity index (χ3v) is 4.93. The molecule has 1 aliphatic heterocycles. The molecule has 1 N–H and O–H groups in total. The molecule has 3 nitrogen and oxygen atoms in total. The van der Waals surface area contributed by atoms with Gasteiger partial charge in [0.25, 0.3) is 0 Å². The molecule has 0 spiro atoms. The Morgan fingerprint density at radius 3 is 2.60 bits per heavy atom. The van der Waals surface area contributed by atoms with Gasteiger partial charge in [-0.25, -0.2) is 8.42 Å². The summed E-state index contributed by atoms with van der Waals surface area (Å²) in [6.07, 6.45) is 1.40. The van der Waals surface area contributed by atoms with Gasteiger partial charge in [-0.15, -0.1) is 0 Å². The first kappa shape index (κ1) is 10.6. The number of nitrogens with one attached hydrogen (secondary N) is 1. The van der Waals surface area contributed by atoms with Gasteiger partial charge in [0.15, 0.2) is 9.84 Å². The third-order valence-electron chi connectivity index (χ3n) is 2.71. The predicted octanol–water partition coefficient (Wildman–Crippen LogP) is 1.01. The van der Waals surface area contributed by atoms with Crippen molar-refractivity contribution in [2.24, 2.45) is 0 Å². The molecule has 81 valence electrons. The summed E-state index contributed by atoms with van der Waals surface area (Å²) >= 11 is 0. The Balaban J connectivity index is 2.26. The maximum Gasteiger partial charge on any atom is 0.181 e. The van der Waals surface area contributed by atoms with Gasteiger partial charge in [0.05, 0.1) is 10.1 Å². The first-order chi connectivity index (χ1) is 7.21. The largest absolute Gasteiger partial charge is 0.317 e. The fourth-order valence-corrected chi connectivity index (χ4v) is 3.56. The van der Waals surface area contributed by atoms with Gasteiger partial charge in [0.1, 0.15) is 0 Å². The molecule has 1 aromatic carbocycles. The topological polar surface area (TPSA) is 46.2 Å². The summed E-state index contributed by atoms with van der Waals surface area (Å²) in [5.74, 6) is 0. The van der Waals surface area contributed by atoms with Gasteiger partial charge in [-0.3, -0.25) is 0 Å². The molecule has 1 heterocycles. The lowest BCUT2D eigenvalue weighted by Crippen LogP contribution is -2.35. The first-order valence-corrected chi connectivity index (χ1v) is 6.67. The molecular formula is C11H14NO2S. The Bertz CT molecular complexity index is 407. The Kier molecular flexibility index (Phi) is 3.07. The highest BCUT2D eigenvalue weighted by Gasteiger charge is 2.28. The number of benzene rings is 1. The molecule has 15 heavy (non-hydrogen) atoms. The number of rotatable bonds is 2. The van der Waals surface area contributed by atoms with E-state index in [-0.39, 0.29) is 5.25 Å². The highest BCUT2D eigenvalue weighted by Crippen LogP contribution is 2.21. The molecule has 0 atom stereocenters. The van der Waals surface area contributed by atoms with Gasteiger partial charge in [-0.1, -0.05) is 18.2 Å². The minimum Gasteiger partial charge on any atom is -0.317 e. The van der Waals surface area contributed by atoms with Crippen molar-refractivity contribution in [1.29, 1.82) is 0 Å². The van der Waals surface area contributed by atoms with Crippen molar-refractivity contribution in [2.45, 2.75) is 23.0 Å². The molecule has 0 amide bonds. The molecule has 0 aromatic heterocycles. The standard InChI is InChI=1S/C11H14NO2S/c13-15(14,10-4-2-1-3-5-10)11-6-8-12-9-7-11/h1-4,11-12H,6-9H2. The van der Waals surface area contributed by atoms with Gasteiger partial charge in [-0.05, 0) is 32.0 Å². The van der Waals surface area contributed by atoms with E-state index in [4.69, 9.17) is 0 Å². The summed E-state index contributed by atoms with van der Waals surface area (Å²) in [4.78, 5) is 0.330. The van der Waals surface area contributed by atoms with E-state index in [2.05, 4.69) is 11.4 Å². The van der Waals surface area contributed by atoms with Crippen molar-refractivity contribution in [2.75, 3.05) is 13.1 Å². The van der Waals surface area contributed by atoms with Crippen LogP contribution >= 0.6 is 0 Å². The van der Waals surface area contributed by atoms with Crippen LogP contribution in [-0.4, -0.2) is 26.8 Å². The maximum absolute atomic E-state index is 12.1. The van der Waals surface area contributed by atoms with Crippen LogP contribution in [0.3, 0.4) is 0 Å². The van der Waals surface area contributed by atoms with E-state index in [9.17, 15) is 8.42 Å². The quantitative estimate of drug-likeness (QED) is 0.815. The number of sulfone groups is 1. The molecule has 1 aromatic rings. The number of hydrogen-bond acceptors (Lipinski definition) is 3. The van der Waals surface area contributed by atoms with E-state index < -0.39 is 9.84 Å². The van der Waals surface area contributed by atoms with E-state index >= 15 is 0 Å². The molecule has 0 saturated carbocycles. The van der Waals surface area contributed by atoms with Gasteiger partial charge >= 0.3 is 0 Å². The van der Waals surface area contributed by atoms with E-state index in [0.29, 0.717) is 17.7 Å². The van der Waals surface area contributed by atoms with E-state index in [0.717, 1.165) is 13.1 Å². The third kappa shape index (κ3) is 2.21. The summed E-state index contributed by atoms with van der Waals surface area (Å²) in [5.41, 5.74) is 0. The van der Waals surface area contributed by atoms with Crippen LogP contribution < -0.4 is 5.32 Å². The zero-order valence-electron chi connectivity index (χ0n) is 8.44. The van der Waals surface area contributed by atoms with E-state index in [1.54, 1.807) is 24.3 Å². The fraction of sp³-hybridized carbons (Fsp3) is 0.455. The van der Waals surface area contributed by atoms with Crippen LogP contribution in [-0.2, 0) is 9.84 Å². The van der Waals surface area contributed by atoms with Crippen molar-refractivity contribution >= 4 is 9.84 Å². The highest BCUT2D eigenvalue weighted by atomic mass is 32.2. The Hall–Kier alpha value is -0.870. The molecule has 2 rings (SSSR count). The first-order valence-electron chi connectivity index (χ1n) is 5.12. The monoisotopic (exact) mass is 224 g/mol. The summed E-state index contributed by atoms with van der Waals surface area (Å²) in [5, 5.41) is 2.93. The average Bonchev–Trinajstić information content (AvgIpc) is 2.31. The summed E-state index contributed by atoms with van der Waals surface area (Å²) in [6.45, 7) is 1.58. The van der Waals surface area contributed by atoms with Crippen LogP contribution in [0.2, 0.25) is 0 Å². The van der Waals surface area contributed by atoms with E-state index in [1.165, 1.54) is 0 Å². The summed E-state index contributed by atoms with van der Waals surface area (Å²) < 4.78 is 24.3. The maximum atomic E-state index is 12.1. The van der Waals surface area contributed by atoms with Gasteiger partial charge in [-0.2, -0.15) is 0 Å². The minimum absolute atomic E-state index is 0.239. The molecule has 0 aliphatic carbocycles. The predicted molar refractivity (Wildman–Crippen MR) is 58.4 cm³/mol. The van der Waals surface area contributed by atoms with E-state index in [1.807, 2.05) is 0 Å². The molecule has 0 unspecified atom stereocenters. The number of piperidine rings is 1. The highest BCUT2D eigenvalue weighted by molar-refractivity contribution is 7.92. The molecule has 0 bridgehead atoms. The lowest BCUT2D eigenvalue weighted by Gasteiger charge is -2.22. The summed E-state index contributed by atoms with van der Waals surface area (Å²) in [6, 6.07) is 9.59. The van der Waals surface area contributed by atoms with Crippen LogP contribution in [0.1, 0.15) is 12.8 Å². The number of hydrogen-bond donors (Lipinski definition) is 1. The fourth-order valence-electron chi connectivity index (χ4n) is 1.84. The smallest absolute Gasteiger partial charge is 0.181 e. The molecule has 4 heteroatoms. The van der Waals surface area contributed by atoms with Gasteiger partial charge in [0.2, 0.25) is 0 Å². The van der Waals surface area contributed by atoms with Crippen molar-refractivity contribution in [1.82, 2.24) is 5.32 Å². The van der Waals surface area contributed by atoms with Crippen molar-refractivity contribution in [3.05, 3.63) is 30.3 Å². The Morgan fingerprint density at radius 2 is 2.00 bits per heavy atom. The zero-order valence-corrected chi connectivity index (χ0v) is 9.26. The van der Waals surface area contributed by atoms with Crippen molar-refractivity contribution in [3.8, 4) is 0 Å². The van der Waals surface area contributed by atoms with Crippen molar-refractivity contribution < 1.29 is 8.42 Å². The normalized spacial score (nSPS) is 18.9. The van der Waals surface area contributed by atoms with Crippen molar-refractivity contribution in [3.63, 3.8) is 0 Å². The molecule has 1 fully saturated rings. The summed E-state index contributed by atoms with van der Waals surface area (Å²) in [7, 11) is -3.16. The van der Waals surface area contributed by atoms with Crippen LogP contribution in [0, 0.1) is 6.07 Å². The lowest BCUT2D eigenvalue weighted by atomic mass is 10.2. The van der Waals surface area contributed by atoms with Crippen LogP contribution in [0.5, 0.6) is 0 Å². The molecule has 1 saturated heterocycles. The average molecular weight is 224 g/mol.